The molecule has 2 aromatic carbocycles. The fourth-order valence-electron chi connectivity index (χ4n) is 2.99. The summed E-state index contributed by atoms with van der Waals surface area (Å²) < 4.78 is 26.8. The maximum Gasteiger partial charge on any atom is 0.326 e. The van der Waals surface area contributed by atoms with Gasteiger partial charge in [0.15, 0.2) is 0 Å². The van der Waals surface area contributed by atoms with Crippen molar-refractivity contribution in [1.29, 1.82) is 0 Å². The quantitative estimate of drug-likeness (QED) is 0.509. The lowest BCUT2D eigenvalue weighted by Crippen LogP contribution is -2.42. The van der Waals surface area contributed by atoms with Gasteiger partial charge in [-0.15, -0.1) is 0 Å². The van der Waals surface area contributed by atoms with Crippen molar-refractivity contribution in [2.45, 2.75) is 23.8 Å². The standard InChI is InChI=1S/C21H18Cl2N2O5S/c22-15-11-16(23)13-17(12-15)31(29,30)25-10-4-7-19(25)20(26)24-18(21(27)28)9-8-14-5-2-1-3-6-14/h1-7,10-13,18H,8-9H2,(H,24,26)(H,27,28)/t18-/m0/s1. The molecule has 0 spiro atoms. The van der Waals surface area contributed by atoms with Gasteiger partial charge in [-0.05, 0) is 48.7 Å². The Morgan fingerprint density at radius 3 is 2.26 bits per heavy atom. The van der Waals surface area contributed by atoms with E-state index in [1.54, 1.807) is 0 Å². The van der Waals surface area contributed by atoms with Crippen molar-refractivity contribution >= 4 is 45.1 Å². The summed E-state index contributed by atoms with van der Waals surface area (Å²) in [5.41, 5.74) is 0.689. The van der Waals surface area contributed by atoms with Gasteiger partial charge >= 0.3 is 5.97 Å². The molecule has 0 saturated heterocycles. The minimum atomic E-state index is -4.19. The SMILES string of the molecule is O=C(N[C@@H](CCc1ccccc1)C(=O)O)c1cccn1S(=O)(=O)c1cc(Cl)cc(Cl)c1. The van der Waals surface area contributed by atoms with E-state index in [-0.39, 0.29) is 27.1 Å². The highest BCUT2D eigenvalue weighted by molar-refractivity contribution is 7.90. The molecule has 0 radical (unpaired) electrons. The third kappa shape index (κ3) is 5.46. The molecule has 162 valence electrons. The van der Waals surface area contributed by atoms with E-state index in [4.69, 9.17) is 23.2 Å². The zero-order chi connectivity index (χ0) is 22.6. The van der Waals surface area contributed by atoms with Crippen LogP contribution in [0.1, 0.15) is 22.5 Å². The Bertz CT molecular complexity index is 1190. The van der Waals surface area contributed by atoms with Gasteiger partial charge in [0.25, 0.3) is 15.9 Å². The van der Waals surface area contributed by atoms with E-state index in [1.807, 2.05) is 30.3 Å². The van der Waals surface area contributed by atoms with Gasteiger partial charge in [-0.25, -0.2) is 17.2 Å². The van der Waals surface area contributed by atoms with Crippen LogP contribution in [0.4, 0.5) is 0 Å². The average Bonchev–Trinajstić information content (AvgIpc) is 3.22. The number of aryl methyl sites for hydroxylation is 1. The van der Waals surface area contributed by atoms with Gasteiger partial charge in [0, 0.05) is 16.2 Å². The number of nitrogens with one attached hydrogen (secondary N) is 1. The highest BCUT2D eigenvalue weighted by atomic mass is 35.5. The fourth-order valence-corrected chi connectivity index (χ4v) is 5.06. The molecule has 0 fully saturated rings. The molecule has 10 heteroatoms. The summed E-state index contributed by atoms with van der Waals surface area (Å²) in [5.74, 6) is -2.05. The normalized spacial score (nSPS) is 12.3. The van der Waals surface area contributed by atoms with Gasteiger partial charge in [-0.2, -0.15) is 0 Å². The molecule has 3 rings (SSSR count). The average molecular weight is 481 g/mol. The summed E-state index contributed by atoms with van der Waals surface area (Å²) in [6.07, 6.45) is 1.76. The number of nitrogens with zero attached hydrogens (tertiary/aromatic N) is 1. The van der Waals surface area contributed by atoms with Crippen LogP contribution in [-0.2, 0) is 21.2 Å². The first kappa shape index (κ1) is 22.9. The zero-order valence-electron chi connectivity index (χ0n) is 16.0. The van der Waals surface area contributed by atoms with Crippen LogP contribution in [0.5, 0.6) is 0 Å². The van der Waals surface area contributed by atoms with Gasteiger partial charge in [-0.1, -0.05) is 53.5 Å². The minimum absolute atomic E-state index is 0.121. The van der Waals surface area contributed by atoms with Crippen LogP contribution in [0, 0.1) is 0 Å². The third-order valence-electron chi connectivity index (χ3n) is 4.51. The lowest BCUT2D eigenvalue weighted by molar-refractivity contribution is -0.139. The Morgan fingerprint density at radius 2 is 1.65 bits per heavy atom. The maximum atomic E-state index is 13.0. The number of rotatable bonds is 8. The number of aromatic nitrogens is 1. The van der Waals surface area contributed by atoms with Gasteiger partial charge in [-0.3, -0.25) is 4.79 Å². The molecule has 1 heterocycles. The van der Waals surface area contributed by atoms with Crippen LogP contribution in [0.25, 0.3) is 0 Å². The first-order valence-electron chi connectivity index (χ1n) is 9.15. The number of hydrogen-bond donors (Lipinski definition) is 2. The second kappa shape index (κ2) is 9.55. The van der Waals surface area contributed by atoms with E-state index in [0.717, 1.165) is 9.54 Å². The molecule has 1 aromatic heterocycles. The summed E-state index contributed by atoms with van der Waals surface area (Å²) in [7, 11) is -4.19. The molecule has 0 aliphatic carbocycles. The van der Waals surface area contributed by atoms with Crippen LogP contribution in [0.2, 0.25) is 10.0 Å². The molecule has 0 bridgehead atoms. The molecule has 31 heavy (non-hydrogen) atoms. The number of carboxylic acid groups (broad SMARTS) is 1. The Morgan fingerprint density at radius 1 is 1.00 bits per heavy atom. The third-order valence-corrected chi connectivity index (χ3v) is 6.61. The molecule has 0 aliphatic heterocycles. The maximum absolute atomic E-state index is 13.0. The highest BCUT2D eigenvalue weighted by Gasteiger charge is 2.26. The number of aliphatic carboxylic acids is 1. The fraction of sp³-hybridized carbons (Fsp3) is 0.143. The lowest BCUT2D eigenvalue weighted by Gasteiger charge is -2.16. The smallest absolute Gasteiger partial charge is 0.326 e. The summed E-state index contributed by atoms with van der Waals surface area (Å²) >= 11 is 11.8. The molecule has 7 nitrogen and oxygen atoms in total. The molecule has 2 N–H and O–H groups in total. The molecule has 0 unspecified atom stereocenters. The molecule has 0 saturated carbocycles. The van der Waals surface area contributed by atoms with Crippen molar-refractivity contribution < 1.29 is 23.1 Å². The van der Waals surface area contributed by atoms with Crippen molar-refractivity contribution in [3.8, 4) is 0 Å². The second-order valence-corrected chi connectivity index (χ2v) is 9.38. The number of hydrogen-bond acceptors (Lipinski definition) is 4. The van der Waals surface area contributed by atoms with Gasteiger partial charge in [0.05, 0.1) is 4.90 Å². The van der Waals surface area contributed by atoms with Gasteiger partial charge in [0.2, 0.25) is 0 Å². The minimum Gasteiger partial charge on any atom is -0.480 e. The molecular formula is C21H18Cl2N2O5S. The Hall–Kier alpha value is -2.81. The lowest BCUT2D eigenvalue weighted by atomic mass is 10.1. The van der Waals surface area contributed by atoms with Crippen molar-refractivity contribution in [2.24, 2.45) is 0 Å². The predicted octanol–water partition coefficient (Wildman–Crippen LogP) is 3.85. The zero-order valence-corrected chi connectivity index (χ0v) is 18.4. The van der Waals surface area contributed by atoms with Gasteiger partial charge in [0.1, 0.15) is 11.7 Å². The van der Waals surface area contributed by atoms with Crippen molar-refractivity contribution in [3.05, 3.63) is 88.2 Å². The summed E-state index contributed by atoms with van der Waals surface area (Å²) in [6.45, 7) is 0. The van der Waals surface area contributed by atoms with E-state index in [1.165, 1.54) is 36.5 Å². The van der Waals surface area contributed by atoms with Crippen molar-refractivity contribution in [2.75, 3.05) is 0 Å². The topological polar surface area (TPSA) is 105 Å². The monoisotopic (exact) mass is 480 g/mol. The van der Waals surface area contributed by atoms with Crippen LogP contribution < -0.4 is 5.32 Å². The number of carbonyl (C=O) groups excluding carboxylic acids is 1. The van der Waals surface area contributed by atoms with E-state index in [9.17, 15) is 23.1 Å². The summed E-state index contributed by atoms with van der Waals surface area (Å²) in [4.78, 5) is 24.2. The van der Waals surface area contributed by atoms with E-state index in [2.05, 4.69) is 5.32 Å². The summed E-state index contributed by atoms with van der Waals surface area (Å²) in [6, 6.07) is 14.5. The van der Waals surface area contributed by atoms with E-state index in [0.29, 0.717) is 6.42 Å². The largest absolute Gasteiger partial charge is 0.480 e. The number of carboxylic acids is 1. The molecule has 1 atom stereocenters. The number of benzene rings is 2. The first-order valence-corrected chi connectivity index (χ1v) is 11.3. The number of carbonyl (C=O) groups is 2. The molecular weight excluding hydrogens is 463 g/mol. The van der Waals surface area contributed by atoms with E-state index >= 15 is 0 Å². The first-order chi connectivity index (χ1) is 14.7. The Balaban J connectivity index is 1.82. The molecule has 1 amide bonds. The molecule has 3 aromatic rings. The number of halogens is 2. The van der Waals surface area contributed by atoms with Gasteiger partial charge < -0.3 is 10.4 Å². The van der Waals surface area contributed by atoms with Crippen molar-refractivity contribution in [1.82, 2.24) is 9.29 Å². The second-order valence-electron chi connectivity index (χ2n) is 6.69. The Labute approximate surface area is 189 Å². The molecule has 0 aliphatic rings. The summed E-state index contributed by atoms with van der Waals surface area (Å²) in [5, 5.41) is 12.1. The van der Waals surface area contributed by atoms with Crippen LogP contribution >= 0.6 is 23.2 Å². The number of amides is 1. The van der Waals surface area contributed by atoms with Crippen LogP contribution in [0.3, 0.4) is 0 Å². The van der Waals surface area contributed by atoms with Crippen LogP contribution in [0.15, 0.2) is 71.8 Å². The van der Waals surface area contributed by atoms with Crippen LogP contribution in [-0.4, -0.2) is 35.4 Å². The highest BCUT2D eigenvalue weighted by Crippen LogP contribution is 2.25. The van der Waals surface area contributed by atoms with E-state index < -0.39 is 27.9 Å². The predicted molar refractivity (Wildman–Crippen MR) is 117 cm³/mol. The van der Waals surface area contributed by atoms with Crippen molar-refractivity contribution in [3.63, 3.8) is 0 Å². The Kier molecular flexibility index (Phi) is 7.04.